The summed E-state index contributed by atoms with van der Waals surface area (Å²) in [6.07, 6.45) is 1.75. The standard InChI is InChI=1S/C13H17NO/c1-4-8-14-9-13(15)12-7-5-6-10(2)11(12)3/h4-7,14H,1,8-9H2,2-3H3. The number of benzene rings is 1. The number of Topliss-reactive ketones (excluding diaryl/α,β-unsaturated/α-hetero) is 1. The zero-order chi connectivity index (χ0) is 11.3. The van der Waals surface area contributed by atoms with Crippen LogP contribution < -0.4 is 5.32 Å². The van der Waals surface area contributed by atoms with Gasteiger partial charge in [-0.1, -0.05) is 24.3 Å². The van der Waals surface area contributed by atoms with Gasteiger partial charge in [-0.2, -0.15) is 0 Å². The fourth-order valence-electron chi connectivity index (χ4n) is 1.44. The average molecular weight is 203 g/mol. The Morgan fingerprint density at radius 3 is 2.87 bits per heavy atom. The molecule has 1 aromatic rings. The van der Waals surface area contributed by atoms with Crippen LogP contribution in [0.5, 0.6) is 0 Å². The van der Waals surface area contributed by atoms with Gasteiger partial charge in [0.1, 0.15) is 0 Å². The van der Waals surface area contributed by atoms with Gasteiger partial charge in [-0.3, -0.25) is 4.79 Å². The van der Waals surface area contributed by atoms with Crippen LogP contribution in [-0.4, -0.2) is 18.9 Å². The van der Waals surface area contributed by atoms with Crippen molar-refractivity contribution in [2.75, 3.05) is 13.1 Å². The van der Waals surface area contributed by atoms with Crippen molar-refractivity contribution < 1.29 is 4.79 Å². The van der Waals surface area contributed by atoms with Crippen LogP contribution in [0.3, 0.4) is 0 Å². The van der Waals surface area contributed by atoms with Crippen molar-refractivity contribution in [3.8, 4) is 0 Å². The molecule has 0 heterocycles. The fourth-order valence-corrected chi connectivity index (χ4v) is 1.44. The van der Waals surface area contributed by atoms with E-state index in [0.717, 1.165) is 16.7 Å². The first-order valence-electron chi connectivity index (χ1n) is 5.08. The summed E-state index contributed by atoms with van der Waals surface area (Å²) >= 11 is 0. The summed E-state index contributed by atoms with van der Waals surface area (Å²) in [7, 11) is 0. The minimum Gasteiger partial charge on any atom is -0.306 e. The van der Waals surface area contributed by atoms with Gasteiger partial charge in [0.2, 0.25) is 0 Å². The van der Waals surface area contributed by atoms with Crippen molar-refractivity contribution in [1.82, 2.24) is 5.32 Å². The largest absolute Gasteiger partial charge is 0.306 e. The second-order valence-corrected chi connectivity index (χ2v) is 3.59. The molecule has 1 N–H and O–H groups in total. The van der Waals surface area contributed by atoms with Gasteiger partial charge in [-0.15, -0.1) is 6.58 Å². The third kappa shape index (κ3) is 3.03. The Morgan fingerprint density at radius 1 is 1.47 bits per heavy atom. The molecule has 80 valence electrons. The predicted molar refractivity (Wildman–Crippen MR) is 63.3 cm³/mol. The topological polar surface area (TPSA) is 29.1 Å². The molecule has 0 aliphatic rings. The van der Waals surface area contributed by atoms with Crippen LogP contribution in [0, 0.1) is 13.8 Å². The van der Waals surface area contributed by atoms with E-state index in [0.29, 0.717) is 13.1 Å². The summed E-state index contributed by atoms with van der Waals surface area (Å²) in [4.78, 5) is 11.8. The number of hydrogen-bond donors (Lipinski definition) is 1. The SMILES string of the molecule is C=CCNCC(=O)c1cccc(C)c1C. The maximum atomic E-state index is 11.8. The molecule has 0 saturated heterocycles. The smallest absolute Gasteiger partial charge is 0.176 e. The van der Waals surface area contributed by atoms with Crippen molar-refractivity contribution in [2.45, 2.75) is 13.8 Å². The van der Waals surface area contributed by atoms with Crippen molar-refractivity contribution in [1.29, 1.82) is 0 Å². The number of carbonyl (C=O) groups excluding carboxylic acids is 1. The first-order valence-corrected chi connectivity index (χ1v) is 5.08. The summed E-state index contributed by atoms with van der Waals surface area (Å²) in [6.45, 7) is 8.62. The number of nitrogens with one attached hydrogen (secondary N) is 1. The Balaban J connectivity index is 2.73. The van der Waals surface area contributed by atoms with Gasteiger partial charge in [-0.25, -0.2) is 0 Å². The fraction of sp³-hybridized carbons (Fsp3) is 0.308. The van der Waals surface area contributed by atoms with Gasteiger partial charge in [0.25, 0.3) is 0 Å². The minimum absolute atomic E-state index is 0.137. The third-order valence-corrected chi connectivity index (χ3v) is 2.48. The molecule has 0 aliphatic carbocycles. The van der Waals surface area contributed by atoms with Crippen LogP contribution in [0.1, 0.15) is 21.5 Å². The Morgan fingerprint density at radius 2 is 2.20 bits per heavy atom. The molecule has 0 aromatic heterocycles. The van der Waals surface area contributed by atoms with E-state index in [9.17, 15) is 4.79 Å². The highest BCUT2D eigenvalue weighted by Crippen LogP contribution is 2.12. The molecule has 0 radical (unpaired) electrons. The van der Waals surface area contributed by atoms with Crippen LogP contribution in [0.4, 0.5) is 0 Å². The molecule has 0 saturated carbocycles. The highest BCUT2D eigenvalue weighted by atomic mass is 16.1. The quantitative estimate of drug-likeness (QED) is 0.452. The van der Waals surface area contributed by atoms with Crippen molar-refractivity contribution in [2.24, 2.45) is 0 Å². The molecule has 2 nitrogen and oxygen atoms in total. The van der Waals surface area contributed by atoms with Gasteiger partial charge in [-0.05, 0) is 25.0 Å². The monoisotopic (exact) mass is 203 g/mol. The zero-order valence-corrected chi connectivity index (χ0v) is 9.34. The van der Waals surface area contributed by atoms with Crippen LogP contribution in [0.2, 0.25) is 0 Å². The van der Waals surface area contributed by atoms with Crippen LogP contribution in [-0.2, 0) is 0 Å². The highest BCUT2D eigenvalue weighted by Gasteiger charge is 2.08. The van der Waals surface area contributed by atoms with Crippen molar-refractivity contribution in [3.63, 3.8) is 0 Å². The molecule has 0 bridgehead atoms. The summed E-state index contributed by atoms with van der Waals surface area (Å²) in [6, 6.07) is 5.81. The Labute approximate surface area is 91.0 Å². The number of ketones is 1. The molecule has 0 unspecified atom stereocenters. The molecular formula is C13H17NO. The van der Waals surface area contributed by atoms with E-state index in [1.54, 1.807) is 6.08 Å². The second kappa shape index (κ2) is 5.47. The lowest BCUT2D eigenvalue weighted by atomic mass is 10.0. The Hall–Kier alpha value is -1.41. The van der Waals surface area contributed by atoms with E-state index in [1.165, 1.54) is 0 Å². The molecule has 0 aliphatic heterocycles. The lowest BCUT2D eigenvalue weighted by molar-refractivity contribution is 0.0991. The number of rotatable bonds is 5. The summed E-state index contributed by atoms with van der Waals surface area (Å²) in [5, 5.41) is 3.01. The van der Waals surface area contributed by atoms with Crippen molar-refractivity contribution in [3.05, 3.63) is 47.5 Å². The molecular weight excluding hydrogens is 186 g/mol. The molecule has 1 aromatic carbocycles. The van der Waals surface area contributed by atoms with Gasteiger partial charge in [0.05, 0.1) is 6.54 Å². The highest BCUT2D eigenvalue weighted by molar-refractivity contribution is 5.99. The Bertz CT molecular complexity index is 369. The first-order chi connectivity index (χ1) is 7.16. The molecule has 0 amide bonds. The van der Waals surface area contributed by atoms with Crippen LogP contribution in [0.25, 0.3) is 0 Å². The molecule has 15 heavy (non-hydrogen) atoms. The van der Waals surface area contributed by atoms with Crippen molar-refractivity contribution >= 4 is 5.78 Å². The van der Waals surface area contributed by atoms with Gasteiger partial charge in [0.15, 0.2) is 5.78 Å². The van der Waals surface area contributed by atoms with E-state index in [1.807, 2.05) is 32.0 Å². The molecule has 2 heteroatoms. The molecule has 0 fully saturated rings. The van der Waals surface area contributed by atoms with E-state index in [2.05, 4.69) is 11.9 Å². The lowest BCUT2D eigenvalue weighted by Crippen LogP contribution is -2.23. The maximum absolute atomic E-state index is 11.8. The van der Waals surface area contributed by atoms with E-state index >= 15 is 0 Å². The third-order valence-electron chi connectivity index (χ3n) is 2.48. The second-order valence-electron chi connectivity index (χ2n) is 3.59. The summed E-state index contributed by atoms with van der Waals surface area (Å²) in [5.41, 5.74) is 3.04. The van der Waals surface area contributed by atoms with Crippen LogP contribution in [0.15, 0.2) is 30.9 Å². The van der Waals surface area contributed by atoms with Crippen LogP contribution >= 0.6 is 0 Å². The zero-order valence-electron chi connectivity index (χ0n) is 9.34. The predicted octanol–water partition coefficient (Wildman–Crippen LogP) is 2.26. The molecule has 1 rings (SSSR count). The van der Waals surface area contributed by atoms with Gasteiger partial charge in [0, 0.05) is 12.1 Å². The minimum atomic E-state index is 0.137. The normalized spacial score (nSPS) is 10.0. The summed E-state index contributed by atoms with van der Waals surface area (Å²) < 4.78 is 0. The lowest BCUT2D eigenvalue weighted by Gasteiger charge is -2.07. The van der Waals surface area contributed by atoms with Gasteiger partial charge >= 0.3 is 0 Å². The summed E-state index contributed by atoms with van der Waals surface area (Å²) in [5.74, 6) is 0.137. The number of carbonyl (C=O) groups is 1. The number of hydrogen-bond acceptors (Lipinski definition) is 2. The number of aryl methyl sites for hydroxylation is 1. The molecule has 0 spiro atoms. The van der Waals surface area contributed by atoms with E-state index in [4.69, 9.17) is 0 Å². The Kier molecular flexibility index (Phi) is 4.25. The molecule has 0 atom stereocenters. The average Bonchev–Trinajstić information content (AvgIpc) is 2.22. The maximum Gasteiger partial charge on any atom is 0.176 e. The van der Waals surface area contributed by atoms with Gasteiger partial charge < -0.3 is 5.32 Å². The first kappa shape index (κ1) is 11.7. The van der Waals surface area contributed by atoms with E-state index < -0.39 is 0 Å². The van der Waals surface area contributed by atoms with E-state index in [-0.39, 0.29) is 5.78 Å².